The molecular weight excluding hydrogens is 280 g/mol. The van der Waals surface area contributed by atoms with Crippen LogP contribution >= 0.6 is 0 Å². The maximum Gasteiger partial charge on any atom is 0.123 e. The van der Waals surface area contributed by atoms with E-state index in [0.717, 1.165) is 17.1 Å². The van der Waals surface area contributed by atoms with Gasteiger partial charge in [0, 0.05) is 18.0 Å². The minimum Gasteiger partial charge on any atom is -0.497 e. The molecule has 2 rings (SSSR count). The van der Waals surface area contributed by atoms with E-state index < -0.39 is 6.10 Å². The highest BCUT2D eigenvalue weighted by Gasteiger charge is 2.20. The van der Waals surface area contributed by atoms with E-state index in [9.17, 15) is 5.11 Å². The third-order valence-corrected chi connectivity index (χ3v) is 3.41. The van der Waals surface area contributed by atoms with Crippen molar-refractivity contribution in [2.45, 2.75) is 38.8 Å². The molecule has 5 nitrogen and oxygen atoms in total. The van der Waals surface area contributed by atoms with Gasteiger partial charge in [0.1, 0.15) is 24.2 Å². The predicted molar refractivity (Wildman–Crippen MR) is 85.4 cm³/mol. The van der Waals surface area contributed by atoms with Gasteiger partial charge >= 0.3 is 0 Å². The fraction of sp³-hybridized carbons (Fsp3) is 0.471. The van der Waals surface area contributed by atoms with Crippen molar-refractivity contribution in [2.75, 3.05) is 13.7 Å². The van der Waals surface area contributed by atoms with E-state index >= 15 is 0 Å². The standard InChI is InChI=1S/C17H24N2O3/c1-17(2,3)15-9-14(21-4)5-6-16(15)22-11-13(20)10-19-8-7-18-12-19/h5-9,12-13,20H,10-11H2,1-4H3. The lowest BCUT2D eigenvalue weighted by Crippen LogP contribution is -2.24. The lowest BCUT2D eigenvalue weighted by Gasteiger charge is -2.24. The van der Waals surface area contributed by atoms with Crippen molar-refractivity contribution in [2.24, 2.45) is 0 Å². The first-order valence-corrected chi connectivity index (χ1v) is 7.35. The number of imidazole rings is 1. The zero-order chi connectivity index (χ0) is 16.2. The van der Waals surface area contributed by atoms with Gasteiger partial charge in [0.25, 0.3) is 0 Å². The molecule has 2 aromatic rings. The number of nitrogens with zero attached hydrogens (tertiary/aromatic N) is 2. The molecule has 0 amide bonds. The average Bonchev–Trinajstić information content (AvgIpc) is 2.96. The van der Waals surface area contributed by atoms with E-state index in [-0.39, 0.29) is 12.0 Å². The number of aromatic nitrogens is 2. The summed E-state index contributed by atoms with van der Waals surface area (Å²) in [4.78, 5) is 3.96. The number of hydrogen-bond donors (Lipinski definition) is 1. The topological polar surface area (TPSA) is 56.5 Å². The first kappa shape index (κ1) is 16.4. The molecule has 120 valence electrons. The highest BCUT2D eigenvalue weighted by atomic mass is 16.5. The van der Waals surface area contributed by atoms with Gasteiger partial charge in [-0.05, 0) is 23.6 Å². The minimum absolute atomic E-state index is 0.0703. The molecule has 22 heavy (non-hydrogen) atoms. The van der Waals surface area contributed by atoms with Crippen LogP contribution in [0.25, 0.3) is 0 Å². The largest absolute Gasteiger partial charge is 0.497 e. The van der Waals surface area contributed by atoms with Crippen LogP contribution in [0.5, 0.6) is 11.5 Å². The molecule has 0 bridgehead atoms. The fourth-order valence-corrected chi connectivity index (χ4v) is 2.22. The quantitative estimate of drug-likeness (QED) is 0.891. The van der Waals surface area contributed by atoms with Crippen molar-refractivity contribution >= 4 is 0 Å². The third kappa shape index (κ3) is 4.24. The predicted octanol–water partition coefficient (Wildman–Crippen LogP) is 2.63. The second kappa shape index (κ2) is 6.83. The molecule has 0 spiro atoms. The average molecular weight is 304 g/mol. The summed E-state index contributed by atoms with van der Waals surface area (Å²) in [5.74, 6) is 1.58. The summed E-state index contributed by atoms with van der Waals surface area (Å²) in [5.41, 5.74) is 0.987. The van der Waals surface area contributed by atoms with Crippen molar-refractivity contribution in [3.05, 3.63) is 42.5 Å². The molecule has 0 aliphatic heterocycles. The Bertz CT molecular complexity index is 588. The van der Waals surface area contributed by atoms with Crippen LogP contribution in [0, 0.1) is 0 Å². The number of ether oxygens (including phenoxy) is 2. The highest BCUT2D eigenvalue weighted by molar-refractivity contribution is 5.44. The number of benzene rings is 1. The lowest BCUT2D eigenvalue weighted by atomic mass is 9.86. The Hall–Kier alpha value is -2.01. The van der Waals surface area contributed by atoms with Gasteiger partial charge in [-0.2, -0.15) is 0 Å². The van der Waals surface area contributed by atoms with E-state index in [0.29, 0.717) is 6.54 Å². The smallest absolute Gasteiger partial charge is 0.123 e. The van der Waals surface area contributed by atoms with Crippen molar-refractivity contribution in [3.63, 3.8) is 0 Å². The van der Waals surface area contributed by atoms with Gasteiger partial charge in [0.15, 0.2) is 0 Å². The molecule has 0 saturated heterocycles. The molecule has 1 unspecified atom stereocenters. The van der Waals surface area contributed by atoms with E-state index in [4.69, 9.17) is 9.47 Å². The molecule has 1 N–H and O–H groups in total. The van der Waals surface area contributed by atoms with Gasteiger partial charge in [0.2, 0.25) is 0 Å². The van der Waals surface area contributed by atoms with Gasteiger partial charge in [-0.3, -0.25) is 0 Å². The second-order valence-corrected chi connectivity index (χ2v) is 6.34. The molecule has 1 aromatic carbocycles. The number of aliphatic hydroxyl groups is 1. The van der Waals surface area contributed by atoms with Gasteiger partial charge in [0.05, 0.1) is 20.0 Å². The first-order chi connectivity index (χ1) is 10.4. The molecule has 0 aliphatic rings. The monoisotopic (exact) mass is 304 g/mol. The van der Waals surface area contributed by atoms with E-state index in [1.165, 1.54) is 0 Å². The molecule has 1 aromatic heterocycles. The summed E-state index contributed by atoms with van der Waals surface area (Å²) >= 11 is 0. The Morgan fingerprint density at radius 3 is 2.68 bits per heavy atom. The van der Waals surface area contributed by atoms with Crippen LogP contribution in [0.15, 0.2) is 36.9 Å². The molecule has 0 aliphatic carbocycles. The summed E-state index contributed by atoms with van der Waals surface area (Å²) in [6.45, 7) is 7.05. The van der Waals surface area contributed by atoms with Crippen LogP contribution in [-0.2, 0) is 12.0 Å². The van der Waals surface area contributed by atoms with Crippen molar-refractivity contribution in [1.29, 1.82) is 0 Å². The minimum atomic E-state index is -0.593. The highest BCUT2D eigenvalue weighted by Crippen LogP contribution is 2.34. The maximum atomic E-state index is 10.1. The summed E-state index contributed by atoms with van der Waals surface area (Å²) in [7, 11) is 1.65. The Balaban J connectivity index is 2.05. The molecule has 1 heterocycles. The summed E-state index contributed by atoms with van der Waals surface area (Å²) in [5, 5.41) is 10.1. The van der Waals surface area contributed by atoms with Crippen LogP contribution in [0.4, 0.5) is 0 Å². The van der Waals surface area contributed by atoms with Crippen LogP contribution in [0.3, 0.4) is 0 Å². The van der Waals surface area contributed by atoms with E-state index in [1.807, 2.05) is 29.0 Å². The molecule has 5 heteroatoms. The van der Waals surface area contributed by atoms with Crippen molar-refractivity contribution in [3.8, 4) is 11.5 Å². The summed E-state index contributed by atoms with van der Waals surface area (Å²) < 4.78 is 12.9. The normalized spacial score (nSPS) is 13.0. The van der Waals surface area contributed by atoms with Gasteiger partial charge < -0.3 is 19.1 Å². The number of rotatable bonds is 6. The van der Waals surface area contributed by atoms with Crippen molar-refractivity contribution < 1.29 is 14.6 Å². The van der Waals surface area contributed by atoms with E-state index in [2.05, 4.69) is 25.8 Å². The zero-order valence-electron chi connectivity index (χ0n) is 13.6. The molecule has 0 saturated carbocycles. The number of aliphatic hydroxyl groups excluding tert-OH is 1. The molecule has 0 radical (unpaired) electrons. The molecule has 1 atom stereocenters. The molecular formula is C17H24N2O3. The van der Waals surface area contributed by atoms with E-state index in [1.54, 1.807) is 19.6 Å². The van der Waals surface area contributed by atoms with Crippen LogP contribution in [0.1, 0.15) is 26.3 Å². The van der Waals surface area contributed by atoms with Crippen LogP contribution in [0.2, 0.25) is 0 Å². The SMILES string of the molecule is COc1ccc(OCC(O)Cn2ccnc2)c(C(C)(C)C)c1. The summed E-state index contributed by atoms with van der Waals surface area (Å²) in [6.07, 6.45) is 4.59. The summed E-state index contributed by atoms with van der Waals surface area (Å²) in [6, 6.07) is 5.74. The first-order valence-electron chi connectivity index (χ1n) is 7.35. The van der Waals surface area contributed by atoms with Gasteiger partial charge in [-0.25, -0.2) is 4.98 Å². The Kier molecular flexibility index (Phi) is 5.08. The Labute approximate surface area is 131 Å². The van der Waals surface area contributed by atoms with Gasteiger partial charge in [-0.15, -0.1) is 0 Å². The second-order valence-electron chi connectivity index (χ2n) is 6.34. The number of hydrogen-bond acceptors (Lipinski definition) is 4. The lowest BCUT2D eigenvalue weighted by molar-refractivity contribution is 0.0914. The third-order valence-electron chi connectivity index (χ3n) is 3.41. The van der Waals surface area contributed by atoms with Crippen molar-refractivity contribution in [1.82, 2.24) is 9.55 Å². The Morgan fingerprint density at radius 1 is 1.32 bits per heavy atom. The van der Waals surface area contributed by atoms with Crippen LogP contribution in [-0.4, -0.2) is 34.5 Å². The molecule has 0 fully saturated rings. The Morgan fingerprint density at radius 2 is 2.09 bits per heavy atom. The fourth-order valence-electron chi connectivity index (χ4n) is 2.22. The zero-order valence-corrected chi connectivity index (χ0v) is 13.6. The van der Waals surface area contributed by atoms with Gasteiger partial charge in [-0.1, -0.05) is 20.8 Å². The number of methoxy groups -OCH3 is 1. The van der Waals surface area contributed by atoms with Crippen LogP contribution < -0.4 is 9.47 Å². The maximum absolute atomic E-state index is 10.1.